The van der Waals surface area contributed by atoms with Crippen molar-refractivity contribution >= 4 is 11.6 Å². The number of anilines is 1. The number of benzene rings is 1. The molecule has 0 N–H and O–H groups in total. The van der Waals surface area contributed by atoms with E-state index in [0.29, 0.717) is 6.42 Å². The van der Waals surface area contributed by atoms with Crippen LogP contribution in [0.5, 0.6) is 0 Å². The molecule has 2 rings (SSSR count). The van der Waals surface area contributed by atoms with Crippen molar-refractivity contribution in [1.29, 1.82) is 0 Å². The van der Waals surface area contributed by atoms with Crippen LogP contribution in [-0.4, -0.2) is 13.0 Å². The van der Waals surface area contributed by atoms with Crippen molar-refractivity contribution in [3.63, 3.8) is 0 Å². The van der Waals surface area contributed by atoms with E-state index in [-0.39, 0.29) is 5.91 Å². The topological polar surface area (TPSA) is 20.3 Å². The highest BCUT2D eigenvalue weighted by Gasteiger charge is 2.23. The van der Waals surface area contributed by atoms with E-state index in [1.54, 1.807) is 4.90 Å². The van der Waals surface area contributed by atoms with E-state index in [2.05, 4.69) is 26.0 Å². The van der Waals surface area contributed by atoms with Gasteiger partial charge in [-0.05, 0) is 37.0 Å². The van der Waals surface area contributed by atoms with E-state index in [0.717, 1.165) is 12.1 Å². The van der Waals surface area contributed by atoms with Crippen molar-refractivity contribution in [3.05, 3.63) is 28.8 Å². The summed E-state index contributed by atoms with van der Waals surface area (Å²) in [6.45, 7) is 4.18. The Kier molecular flexibility index (Phi) is 2.06. The lowest BCUT2D eigenvalue weighted by atomic mass is 9.94. The third-order valence-corrected chi connectivity index (χ3v) is 3.02. The number of carbonyl (C=O) groups is 1. The maximum absolute atomic E-state index is 11.5. The summed E-state index contributed by atoms with van der Waals surface area (Å²) in [4.78, 5) is 13.3. The second kappa shape index (κ2) is 3.12. The fourth-order valence-corrected chi connectivity index (χ4v) is 2.16. The molecule has 1 heterocycles. The summed E-state index contributed by atoms with van der Waals surface area (Å²) >= 11 is 0. The van der Waals surface area contributed by atoms with Gasteiger partial charge in [0.2, 0.25) is 5.91 Å². The Morgan fingerprint density at radius 3 is 2.50 bits per heavy atom. The molecule has 2 nitrogen and oxygen atoms in total. The highest BCUT2D eigenvalue weighted by atomic mass is 16.2. The van der Waals surface area contributed by atoms with Gasteiger partial charge in [0.1, 0.15) is 0 Å². The van der Waals surface area contributed by atoms with Crippen molar-refractivity contribution in [3.8, 4) is 0 Å². The van der Waals surface area contributed by atoms with E-state index in [9.17, 15) is 4.79 Å². The number of aryl methyl sites for hydroxylation is 2. The molecule has 1 aliphatic heterocycles. The lowest BCUT2D eigenvalue weighted by Crippen LogP contribution is -2.32. The molecule has 0 saturated carbocycles. The molecule has 2 heteroatoms. The van der Waals surface area contributed by atoms with Crippen LogP contribution in [0.15, 0.2) is 12.1 Å². The number of carbonyl (C=O) groups excluding carboxylic acids is 1. The van der Waals surface area contributed by atoms with Gasteiger partial charge in [-0.1, -0.05) is 12.1 Å². The number of nitrogens with zero attached hydrogens (tertiary/aromatic N) is 1. The molecular formula is C12H15NO. The monoisotopic (exact) mass is 189 g/mol. The first-order valence-electron chi connectivity index (χ1n) is 4.97. The zero-order valence-electron chi connectivity index (χ0n) is 8.92. The zero-order chi connectivity index (χ0) is 10.3. The molecule has 0 atom stereocenters. The summed E-state index contributed by atoms with van der Waals surface area (Å²) in [5.41, 5.74) is 4.96. The molecule has 0 aliphatic carbocycles. The van der Waals surface area contributed by atoms with Gasteiger partial charge in [0.05, 0.1) is 0 Å². The average Bonchev–Trinajstić information content (AvgIpc) is 2.16. The number of fused-ring (bicyclic) bond motifs is 1. The Morgan fingerprint density at radius 2 is 1.79 bits per heavy atom. The van der Waals surface area contributed by atoms with Gasteiger partial charge in [-0.25, -0.2) is 0 Å². The summed E-state index contributed by atoms with van der Waals surface area (Å²) in [7, 11) is 1.87. The van der Waals surface area contributed by atoms with E-state index < -0.39 is 0 Å². The van der Waals surface area contributed by atoms with Crippen molar-refractivity contribution in [2.75, 3.05) is 11.9 Å². The van der Waals surface area contributed by atoms with E-state index in [1.165, 1.54) is 16.7 Å². The third-order valence-electron chi connectivity index (χ3n) is 3.02. The van der Waals surface area contributed by atoms with E-state index >= 15 is 0 Å². The molecule has 0 aromatic heterocycles. The molecule has 1 amide bonds. The predicted octanol–water partition coefficient (Wildman–Crippen LogP) is 2.21. The minimum Gasteiger partial charge on any atom is -0.315 e. The molecule has 0 spiro atoms. The Labute approximate surface area is 84.5 Å². The molecule has 14 heavy (non-hydrogen) atoms. The Morgan fingerprint density at radius 1 is 1.14 bits per heavy atom. The SMILES string of the molecule is Cc1ccc(C)c2c1CCC(=O)N2C. The Balaban J connectivity index is 2.64. The Bertz CT molecular complexity index is 396. The number of rotatable bonds is 0. The van der Waals surface area contributed by atoms with Gasteiger partial charge in [0.15, 0.2) is 0 Å². The maximum atomic E-state index is 11.5. The molecule has 0 bridgehead atoms. The average molecular weight is 189 g/mol. The lowest BCUT2D eigenvalue weighted by molar-refractivity contribution is -0.118. The number of hydrogen-bond donors (Lipinski definition) is 0. The first-order valence-corrected chi connectivity index (χ1v) is 4.97. The third kappa shape index (κ3) is 1.22. The summed E-state index contributed by atoms with van der Waals surface area (Å²) in [5, 5.41) is 0. The quantitative estimate of drug-likeness (QED) is 0.612. The van der Waals surface area contributed by atoms with Crippen LogP contribution < -0.4 is 4.90 Å². The van der Waals surface area contributed by atoms with Crippen LogP contribution in [0.4, 0.5) is 5.69 Å². The van der Waals surface area contributed by atoms with Crippen LogP contribution in [-0.2, 0) is 11.2 Å². The second-order valence-corrected chi connectivity index (χ2v) is 3.98. The minimum atomic E-state index is 0.228. The molecule has 0 unspecified atom stereocenters. The Hall–Kier alpha value is -1.31. The van der Waals surface area contributed by atoms with Gasteiger partial charge >= 0.3 is 0 Å². The van der Waals surface area contributed by atoms with Crippen LogP contribution in [0.25, 0.3) is 0 Å². The van der Waals surface area contributed by atoms with Gasteiger partial charge < -0.3 is 4.90 Å². The first kappa shape index (κ1) is 9.25. The molecule has 0 saturated heterocycles. The van der Waals surface area contributed by atoms with Gasteiger partial charge in [-0.3, -0.25) is 4.79 Å². The highest BCUT2D eigenvalue weighted by molar-refractivity contribution is 5.97. The van der Waals surface area contributed by atoms with E-state index in [1.807, 2.05) is 7.05 Å². The fraction of sp³-hybridized carbons (Fsp3) is 0.417. The van der Waals surface area contributed by atoms with Crippen molar-refractivity contribution in [2.45, 2.75) is 26.7 Å². The molecule has 1 aromatic rings. The van der Waals surface area contributed by atoms with Gasteiger partial charge in [-0.2, -0.15) is 0 Å². The van der Waals surface area contributed by atoms with Gasteiger partial charge in [-0.15, -0.1) is 0 Å². The van der Waals surface area contributed by atoms with Crippen molar-refractivity contribution in [1.82, 2.24) is 0 Å². The van der Waals surface area contributed by atoms with Crippen LogP contribution in [0, 0.1) is 13.8 Å². The standard InChI is InChI=1S/C12H15NO/c1-8-4-5-9(2)12-10(8)6-7-11(14)13(12)3/h4-5H,6-7H2,1-3H3. The number of hydrogen-bond acceptors (Lipinski definition) is 1. The van der Waals surface area contributed by atoms with Gasteiger partial charge in [0.25, 0.3) is 0 Å². The normalized spacial score (nSPS) is 15.6. The van der Waals surface area contributed by atoms with E-state index in [4.69, 9.17) is 0 Å². The zero-order valence-corrected chi connectivity index (χ0v) is 8.92. The smallest absolute Gasteiger partial charge is 0.227 e. The predicted molar refractivity (Wildman–Crippen MR) is 57.6 cm³/mol. The summed E-state index contributed by atoms with van der Waals surface area (Å²) in [6.07, 6.45) is 1.54. The van der Waals surface area contributed by atoms with Crippen molar-refractivity contribution < 1.29 is 4.79 Å². The molecule has 74 valence electrons. The second-order valence-electron chi connectivity index (χ2n) is 3.98. The summed E-state index contributed by atoms with van der Waals surface area (Å²) in [6, 6.07) is 4.22. The fourth-order valence-electron chi connectivity index (χ4n) is 2.16. The minimum absolute atomic E-state index is 0.228. The first-order chi connectivity index (χ1) is 6.61. The molecular weight excluding hydrogens is 174 g/mol. The highest BCUT2D eigenvalue weighted by Crippen LogP contribution is 2.32. The number of amides is 1. The molecule has 1 aliphatic rings. The molecule has 1 aromatic carbocycles. The van der Waals surface area contributed by atoms with Crippen LogP contribution >= 0.6 is 0 Å². The van der Waals surface area contributed by atoms with Crippen LogP contribution in [0.3, 0.4) is 0 Å². The van der Waals surface area contributed by atoms with Crippen molar-refractivity contribution in [2.24, 2.45) is 0 Å². The van der Waals surface area contributed by atoms with Crippen LogP contribution in [0.2, 0.25) is 0 Å². The molecule has 0 radical (unpaired) electrons. The largest absolute Gasteiger partial charge is 0.315 e. The summed E-state index contributed by atoms with van der Waals surface area (Å²) in [5.74, 6) is 0.228. The summed E-state index contributed by atoms with van der Waals surface area (Å²) < 4.78 is 0. The van der Waals surface area contributed by atoms with Gasteiger partial charge in [0, 0.05) is 19.2 Å². The molecule has 0 fully saturated rings. The maximum Gasteiger partial charge on any atom is 0.227 e. The van der Waals surface area contributed by atoms with Crippen LogP contribution in [0.1, 0.15) is 23.1 Å². The lowest BCUT2D eigenvalue weighted by Gasteiger charge is -2.28.